The van der Waals surface area contributed by atoms with Gasteiger partial charge in [0.1, 0.15) is 48.8 Å². The quantitative estimate of drug-likeness (QED) is 0.0204. The molecule has 0 aromatic carbocycles. The van der Waals surface area contributed by atoms with Crippen molar-refractivity contribution in [3.05, 3.63) is 36.5 Å². The molecule has 9 N–H and O–H groups in total. The monoisotopic (exact) mass is 1050 g/mol. The maximum atomic E-state index is 13.2. The van der Waals surface area contributed by atoms with E-state index in [1.165, 1.54) is 161 Å². The van der Waals surface area contributed by atoms with E-state index in [9.17, 15) is 45.6 Å². The molecule has 2 aliphatic rings. The molecule has 14 nitrogen and oxygen atoms in total. The minimum atomic E-state index is -1.79. The third-order valence-electron chi connectivity index (χ3n) is 14.8. The van der Waals surface area contributed by atoms with E-state index in [0.717, 1.165) is 51.4 Å². The second-order valence-corrected chi connectivity index (χ2v) is 21.5. The number of rotatable bonds is 48. The second kappa shape index (κ2) is 46.2. The van der Waals surface area contributed by atoms with Crippen LogP contribution in [0.15, 0.2) is 36.5 Å². The van der Waals surface area contributed by atoms with Gasteiger partial charge in [0.2, 0.25) is 5.91 Å². The molecule has 2 saturated heterocycles. The first-order valence-electron chi connectivity index (χ1n) is 30.2. The largest absolute Gasteiger partial charge is 0.394 e. The van der Waals surface area contributed by atoms with Gasteiger partial charge in [0, 0.05) is 6.42 Å². The van der Waals surface area contributed by atoms with Crippen LogP contribution in [0.25, 0.3) is 0 Å². The normalized spacial score (nSPS) is 25.4. The fraction of sp³-hybridized carbons (Fsp3) is 0.883. The van der Waals surface area contributed by atoms with Gasteiger partial charge >= 0.3 is 0 Å². The van der Waals surface area contributed by atoms with E-state index in [1.54, 1.807) is 6.08 Å². The van der Waals surface area contributed by atoms with Crippen molar-refractivity contribution < 1.29 is 64.6 Å². The topological polar surface area (TPSA) is 228 Å². The third-order valence-corrected chi connectivity index (χ3v) is 14.8. The van der Waals surface area contributed by atoms with Crippen molar-refractivity contribution in [2.45, 2.75) is 319 Å². The van der Waals surface area contributed by atoms with Gasteiger partial charge in [-0.15, -0.1) is 0 Å². The number of allylic oxidation sites excluding steroid dienone is 5. The zero-order chi connectivity index (χ0) is 53.9. The number of aliphatic hydroxyl groups excluding tert-OH is 8. The van der Waals surface area contributed by atoms with E-state index >= 15 is 0 Å². The zero-order valence-electron chi connectivity index (χ0n) is 46.6. The molecule has 0 aromatic rings. The van der Waals surface area contributed by atoms with Gasteiger partial charge in [-0.1, -0.05) is 217 Å². The van der Waals surface area contributed by atoms with E-state index in [1.807, 2.05) is 6.08 Å². The van der Waals surface area contributed by atoms with Crippen molar-refractivity contribution in [2.24, 2.45) is 0 Å². The molecule has 14 heteroatoms. The molecule has 2 rings (SSSR count). The average Bonchev–Trinajstić information content (AvgIpc) is 3.40. The SMILES string of the molecule is CCCCCCCC/C=C\CCCCCCCC(=O)NC(COC1OC(CO)C(OC2OC(CO)C(O)C(O)C2O)C(O)C1O)C(O)/C=C/CC/C=C/CCCCCCCCCCCCCCCCCCCCC. The Morgan fingerprint density at radius 3 is 1.32 bits per heavy atom. The molecular weight excluding hydrogens is 943 g/mol. The predicted molar refractivity (Wildman–Crippen MR) is 295 cm³/mol. The highest BCUT2D eigenvalue weighted by molar-refractivity contribution is 5.76. The first kappa shape index (κ1) is 68.3. The number of unbranched alkanes of at least 4 members (excludes halogenated alkanes) is 31. The highest BCUT2D eigenvalue weighted by Gasteiger charge is 2.51. The van der Waals surface area contributed by atoms with Gasteiger partial charge in [0.15, 0.2) is 12.6 Å². The zero-order valence-corrected chi connectivity index (χ0v) is 46.6. The van der Waals surface area contributed by atoms with Crippen LogP contribution in [0.1, 0.15) is 245 Å². The number of hydrogen-bond acceptors (Lipinski definition) is 13. The summed E-state index contributed by atoms with van der Waals surface area (Å²) in [5.41, 5.74) is 0. The van der Waals surface area contributed by atoms with Crippen molar-refractivity contribution in [3.63, 3.8) is 0 Å². The first-order valence-corrected chi connectivity index (χ1v) is 30.2. The van der Waals surface area contributed by atoms with Crippen molar-refractivity contribution in [1.82, 2.24) is 5.32 Å². The van der Waals surface area contributed by atoms with E-state index in [-0.39, 0.29) is 18.9 Å². The van der Waals surface area contributed by atoms with Gasteiger partial charge in [0.05, 0.1) is 32.0 Å². The summed E-state index contributed by atoms with van der Waals surface area (Å²) in [6.07, 6.45) is 39.1. The Morgan fingerprint density at radius 2 is 0.865 bits per heavy atom. The fourth-order valence-corrected chi connectivity index (χ4v) is 9.89. The van der Waals surface area contributed by atoms with Crippen LogP contribution < -0.4 is 5.32 Å². The molecule has 2 heterocycles. The molecule has 12 unspecified atom stereocenters. The van der Waals surface area contributed by atoms with Crippen LogP contribution in [-0.2, 0) is 23.7 Å². The van der Waals surface area contributed by atoms with Gasteiger partial charge in [-0.3, -0.25) is 4.79 Å². The Morgan fingerprint density at radius 1 is 0.473 bits per heavy atom. The maximum absolute atomic E-state index is 13.2. The summed E-state index contributed by atoms with van der Waals surface area (Å²) in [6, 6.07) is -0.935. The summed E-state index contributed by atoms with van der Waals surface area (Å²) < 4.78 is 22.7. The van der Waals surface area contributed by atoms with Crippen molar-refractivity contribution in [2.75, 3.05) is 19.8 Å². The third kappa shape index (κ3) is 31.6. The van der Waals surface area contributed by atoms with E-state index in [4.69, 9.17) is 18.9 Å². The molecule has 74 heavy (non-hydrogen) atoms. The molecule has 2 fully saturated rings. The Kier molecular flexibility index (Phi) is 42.6. The molecule has 0 bridgehead atoms. The number of carbonyl (C=O) groups excluding carboxylic acids is 1. The molecule has 434 valence electrons. The highest BCUT2D eigenvalue weighted by Crippen LogP contribution is 2.30. The molecule has 1 amide bonds. The minimum absolute atomic E-state index is 0.257. The van der Waals surface area contributed by atoms with Crippen LogP contribution in [0.4, 0.5) is 0 Å². The number of nitrogens with one attached hydrogen (secondary N) is 1. The molecule has 2 aliphatic heterocycles. The summed E-state index contributed by atoms with van der Waals surface area (Å²) in [4.78, 5) is 13.2. The lowest BCUT2D eigenvalue weighted by Gasteiger charge is -2.46. The predicted octanol–water partition coefficient (Wildman–Crippen LogP) is 10.2. The van der Waals surface area contributed by atoms with E-state index < -0.39 is 86.8 Å². The second-order valence-electron chi connectivity index (χ2n) is 21.5. The van der Waals surface area contributed by atoms with Gasteiger partial charge in [-0.2, -0.15) is 0 Å². The Balaban J connectivity index is 1.77. The first-order chi connectivity index (χ1) is 36.1. The molecule has 0 aliphatic carbocycles. The maximum Gasteiger partial charge on any atom is 0.220 e. The Hall–Kier alpha value is -1.79. The Bertz CT molecular complexity index is 1380. The molecule has 0 radical (unpaired) electrons. The van der Waals surface area contributed by atoms with Crippen LogP contribution in [0, 0.1) is 0 Å². The lowest BCUT2D eigenvalue weighted by atomic mass is 9.97. The standard InChI is InChI=1S/C60H111NO13/c1-3-5-7-9-11-13-15-17-19-20-21-22-23-24-25-26-27-28-30-31-33-35-37-39-41-43-49(64)48(61-52(65)44-42-40-38-36-34-32-29-18-16-14-12-10-8-6-4-2)47-71-59-57(70)55(68)58(51(46-63)73-59)74-60-56(69)54(67)53(66)50(45-62)72-60/h18,29,33,35,41,43,48-51,53-60,62-64,66-70H,3-17,19-28,30-32,34,36-40,42,44-47H2,1-2H3,(H,61,65)/b29-18-,35-33+,43-41+. The summed E-state index contributed by atoms with van der Waals surface area (Å²) in [6.45, 7) is 2.78. The number of aliphatic hydroxyl groups is 8. The lowest BCUT2D eigenvalue weighted by Crippen LogP contribution is -2.65. The minimum Gasteiger partial charge on any atom is -0.394 e. The highest BCUT2D eigenvalue weighted by atomic mass is 16.7. The lowest BCUT2D eigenvalue weighted by molar-refractivity contribution is -0.359. The molecule has 12 atom stereocenters. The molecule has 0 spiro atoms. The van der Waals surface area contributed by atoms with Gasteiger partial charge in [-0.05, 0) is 57.8 Å². The Labute approximate surface area is 449 Å². The van der Waals surface area contributed by atoms with E-state index in [2.05, 4.69) is 43.5 Å². The molecule has 0 aromatic heterocycles. The van der Waals surface area contributed by atoms with Crippen LogP contribution in [0.3, 0.4) is 0 Å². The van der Waals surface area contributed by atoms with Gasteiger partial charge in [0.25, 0.3) is 0 Å². The van der Waals surface area contributed by atoms with Gasteiger partial charge in [-0.25, -0.2) is 0 Å². The summed E-state index contributed by atoms with van der Waals surface area (Å²) in [5, 5.41) is 87.0. The fourth-order valence-electron chi connectivity index (χ4n) is 9.89. The van der Waals surface area contributed by atoms with Crippen molar-refractivity contribution in [3.8, 4) is 0 Å². The number of ether oxygens (including phenoxy) is 4. The van der Waals surface area contributed by atoms with Crippen molar-refractivity contribution in [1.29, 1.82) is 0 Å². The summed E-state index contributed by atoms with van der Waals surface area (Å²) in [7, 11) is 0. The van der Waals surface area contributed by atoms with Crippen LogP contribution in [0.2, 0.25) is 0 Å². The molecule has 0 saturated carbocycles. The summed E-state index contributed by atoms with van der Waals surface area (Å²) in [5.74, 6) is -0.257. The average molecular weight is 1050 g/mol. The van der Waals surface area contributed by atoms with Crippen LogP contribution in [-0.4, -0.2) is 140 Å². The number of hydrogen-bond donors (Lipinski definition) is 9. The van der Waals surface area contributed by atoms with Crippen LogP contribution >= 0.6 is 0 Å². The van der Waals surface area contributed by atoms with Crippen LogP contribution in [0.5, 0.6) is 0 Å². The smallest absolute Gasteiger partial charge is 0.220 e. The molecular formula is C60H111NO13. The number of amides is 1. The number of carbonyl (C=O) groups is 1. The summed E-state index contributed by atoms with van der Waals surface area (Å²) >= 11 is 0. The van der Waals surface area contributed by atoms with Gasteiger partial charge < -0.3 is 65.1 Å². The van der Waals surface area contributed by atoms with Crippen molar-refractivity contribution >= 4 is 5.91 Å². The van der Waals surface area contributed by atoms with E-state index in [0.29, 0.717) is 12.8 Å².